The molecule has 0 aromatic heterocycles. The maximum Gasteiger partial charge on any atom is 0.124 e. The summed E-state index contributed by atoms with van der Waals surface area (Å²) in [4.78, 5) is -0.0490. The highest BCUT2D eigenvalue weighted by molar-refractivity contribution is 7.85. The number of hydrogen-bond donors (Lipinski definition) is 0. The molecule has 0 heterocycles. The standard InChI is InChI=1S/C19H32O3S.C14H32P/c1-2-3-4-5-6-7-8-9-10-11-12-15-18-16-13-14-17-19(18)23(20,21)22;1-5-9-12-15(8-4,13-10-6-2)14-11-7-3/h13-14,16-17H,2-12,15H2,1H3,(H,20,21,22);5-14H2,1-4H3/q;+1/p-1. The molecule has 1 rings (SSSR count). The van der Waals surface area contributed by atoms with Gasteiger partial charge in [0.2, 0.25) is 0 Å². The SMILES string of the molecule is CCCCCCCCCCCCCc1ccccc1S(=O)(=O)[O-].CCCC[P+](CC)(CCCC)CCCC. The molecular weight excluding hydrogens is 507 g/mol. The zero-order valence-corrected chi connectivity index (χ0v) is 27.7. The van der Waals surface area contributed by atoms with Gasteiger partial charge >= 0.3 is 0 Å². The fraction of sp³-hybridized carbons (Fsp3) is 0.818. The van der Waals surface area contributed by atoms with Gasteiger partial charge in [-0.1, -0.05) is 129 Å². The van der Waals surface area contributed by atoms with E-state index in [1.54, 1.807) is 36.7 Å². The van der Waals surface area contributed by atoms with Gasteiger partial charge in [-0.3, -0.25) is 0 Å². The first-order valence-electron chi connectivity index (χ1n) is 16.2. The van der Waals surface area contributed by atoms with Crippen LogP contribution in [-0.4, -0.2) is 37.6 Å². The fourth-order valence-electron chi connectivity index (χ4n) is 5.22. The molecule has 0 unspecified atom stereocenters. The average Bonchev–Trinajstić information content (AvgIpc) is 2.91. The third-order valence-electron chi connectivity index (χ3n) is 7.92. The predicted octanol–water partition coefficient (Wildman–Crippen LogP) is 10.9. The summed E-state index contributed by atoms with van der Waals surface area (Å²) < 4.78 is 33.6. The van der Waals surface area contributed by atoms with E-state index in [-0.39, 0.29) is 4.90 Å². The van der Waals surface area contributed by atoms with Gasteiger partial charge in [-0.15, -0.1) is 0 Å². The Morgan fingerprint density at radius 1 is 0.579 bits per heavy atom. The molecule has 0 aliphatic carbocycles. The van der Waals surface area contributed by atoms with Crippen molar-refractivity contribution in [3.05, 3.63) is 29.8 Å². The molecule has 0 radical (unpaired) electrons. The second kappa shape index (κ2) is 24.4. The van der Waals surface area contributed by atoms with Crippen LogP contribution >= 0.6 is 7.26 Å². The molecule has 0 aliphatic heterocycles. The van der Waals surface area contributed by atoms with Crippen molar-refractivity contribution in [3.63, 3.8) is 0 Å². The molecule has 0 bridgehead atoms. The van der Waals surface area contributed by atoms with Crippen LogP contribution in [0.25, 0.3) is 0 Å². The lowest BCUT2D eigenvalue weighted by molar-refractivity contribution is 0.461. The summed E-state index contributed by atoms with van der Waals surface area (Å²) in [5, 5.41) is 0. The van der Waals surface area contributed by atoms with Crippen molar-refractivity contribution in [2.24, 2.45) is 0 Å². The monoisotopic (exact) mass is 570 g/mol. The van der Waals surface area contributed by atoms with Gasteiger partial charge < -0.3 is 4.55 Å². The minimum atomic E-state index is -4.35. The summed E-state index contributed by atoms with van der Waals surface area (Å²) in [6, 6.07) is 6.56. The maximum atomic E-state index is 11.2. The first kappa shape index (κ1) is 37.6. The Labute approximate surface area is 239 Å². The van der Waals surface area contributed by atoms with Crippen LogP contribution in [-0.2, 0) is 16.5 Å². The van der Waals surface area contributed by atoms with Crippen molar-refractivity contribution >= 4 is 17.4 Å². The highest BCUT2D eigenvalue weighted by Gasteiger charge is 2.32. The van der Waals surface area contributed by atoms with Gasteiger partial charge in [-0.25, -0.2) is 8.42 Å². The van der Waals surface area contributed by atoms with Crippen molar-refractivity contribution in [1.82, 2.24) is 0 Å². The van der Waals surface area contributed by atoms with Crippen LogP contribution in [0.4, 0.5) is 0 Å². The summed E-state index contributed by atoms with van der Waals surface area (Å²) in [5.41, 5.74) is 0.665. The lowest BCUT2D eigenvalue weighted by Gasteiger charge is -2.26. The Morgan fingerprint density at radius 3 is 1.37 bits per heavy atom. The topological polar surface area (TPSA) is 57.2 Å². The van der Waals surface area contributed by atoms with Crippen LogP contribution in [0.3, 0.4) is 0 Å². The molecule has 0 N–H and O–H groups in total. The second-order valence-electron chi connectivity index (χ2n) is 11.2. The Bertz CT molecular complexity index is 741. The Hall–Kier alpha value is -0.440. The summed E-state index contributed by atoms with van der Waals surface area (Å²) in [6.07, 6.45) is 29.4. The van der Waals surface area contributed by atoms with Crippen molar-refractivity contribution < 1.29 is 13.0 Å². The third-order valence-corrected chi connectivity index (χ3v) is 14.0. The highest BCUT2D eigenvalue weighted by Crippen LogP contribution is 2.60. The molecule has 1 aromatic carbocycles. The zero-order valence-electron chi connectivity index (χ0n) is 25.9. The lowest BCUT2D eigenvalue weighted by Crippen LogP contribution is -2.11. The first-order chi connectivity index (χ1) is 18.3. The number of rotatable bonds is 23. The molecule has 1 aromatic rings. The second-order valence-corrected chi connectivity index (χ2v) is 17.2. The largest absolute Gasteiger partial charge is 0.744 e. The summed E-state index contributed by atoms with van der Waals surface area (Å²) in [7, 11) is -4.87. The molecular formula is C33H63O3PS. The highest BCUT2D eigenvalue weighted by atomic mass is 32.2. The van der Waals surface area contributed by atoms with E-state index in [1.165, 1.54) is 109 Å². The molecule has 224 valence electrons. The summed E-state index contributed by atoms with van der Waals surface area (Å²) >= 11 is 0. The van der Waals surface area contributed by atoms with E-state index in [4.69, 9.17) is 0 Å². The lowest BCUT2D eigenvalue weighted by atomic mass is 10.0. The fourth-order valence-corrected chi connectivity index (χ4v) is 10.5. The van der Waals surface area contributed by atoms with E-state index in [0.717, 1.165) is 12.8 Å². The smallest absolute Gasteiger partial charge is 0.124 e. The minimum absolute atomic E-state index is 0.0490. The number of unbranched alkanes of at least 4 members (excludes halogenated alkanes) is 13. The van der Waals surface area contributed by atoms with Crippen LogP contribution in [0, 0.1) is 0 Å². The van der Waals surface area contributed by atoms with E-state index < -0.39 is 17.4 Å². The number of benzene rings is 1. The molecule has 0 fully saturated rings. The van der Waals surface area contributed by atoms with Gasteiger partial charge in [-0.2, -0.15) is 0 Å². The molecule has 0 saturated heterocycles. The van der Waals surface area contributed by atoms with E-state index in [2.05, 4.69) is 34.6 Å². The molecule has 38 heavy (non-hydrogen) atoms. The average molecular weight is 571 g/mol. The normalized spacial score (nSPS) is 11.8. The Kier molecular flexibility index (Phi) is 24.1. The van der Waals surface area contributed by atoms with Gasteiger partial charge in [0.25, 0.3) is 0 Å². The number of hydrogen-bond acceptors (Lipinski definition) is 3. The molecule has 0 amide bonds. The molecule has 0 spiro atoms. The van der Waals surface area contributed by atoms with Crippen LogP contribution < -0.4 is 0 Å². The summed E-state index contributed by atoms with van der Waals surface area (Å²) in [5.74, 6) is 0. The van der Waals surface area contributed by atoms with Crippen LogP contribution in [0.2, 0.25) is 0 Å². The van der Waals surface area contributed by atoms with E-state index >= 15 is 0 Å². The van der Waals surface area contributed by atoms with Crippen LogP contribution in [0.5, 0.6) is 0 Å². The predicted molar refractivity (Wildman–Crippen MR) is 171 cm³/mol. The Morgan fingerprint density at radius 2 is 0.974 bits per heavy atom. The van der Waals surface area contributed by atoms with E-state index in [9.17, 15) is 13.0 Å². The van der Waals surface area contributed by atoms with E-state index in [1.807, 2.05) is 0 Å². The third kappa shape index (κ3) is 18.8. The van der Waals surface area contributed by atoms with Crippen molar-refractivity contribution in [2.75, 3.05) is 24.6 Å². The maximum absolute atomic E-state index is 11.2. The van der Waals surface area contributed by atoms with Gasteiger partial charge in [0, 0.05) is 7.26 Å². The van der Waals surface area contributed by atoms with Crippen molar-refractivity contribution in [1.29, 1.82) is 0 Å². The van der Waals surface area contributed by atoms with Gasteiger partial charge in [-0.05, 0) is 50.7 Å². The molecule has 5 heteroatoms. The Balaban J connectivity index is 0.000000793. The van der Waals surface area contributed by atoms with Crippen LogP contribution in [0.1, 0.15) is 149 Å². The van der Waals surface area contributed by atoms with Crippen molar-refractivity contribution in [3.8, 4) is 0 Å². The van der Waals surface area contributed by atoms with Gasteiger partial charge in [0.1, 0.15) is 10.1 Å². The molecule has 0 atom stereocenters. The molecule has 0 aliphatic rings. The minimum Gasteiger partial charge on any atom is -0.744 e. The molecule has 0 saturated carbocycles. The zero-order chi connectivity index (χ0) is 28.5. The van der Waals surface area contributed by atoms with Crippen molar-refractivity contribution in [2.45, 2.75) is 155 Å². The molecule has 3 nitrogen and oxygen atoms in total. The van der Waals surface area contributed by atoms with Gasteiger partial charge in [0.05, 0.1) is 29.5 Å². The summed E-state index contributed by atoms with van der Waals surface area (Å²) in [6.45, 7) is 11.7. The quantitative estimate of drug-likeness (QED) is 0.0747. The van der Waals surface area contributed by atoms with E-state index in [0.29, 0.717) is 12.0 Å². The van der Waals surface area contributed by atoms with Crippen LogP contribution in [0.15, 0.2) is 29.2 Å². The van der Waals surface area contributed by atoms with Gasteiger partial charge in [0.15, 0.2) is 0 Å². The first-order valence-corrected chi connectivity index (χ1v) is 20.1. The number of aryl methyl sites for hydroxylation is 1.